The lowest BCUT2D eigenvalue weighted by molar-refractivity contribution is 0.123. The summed E-state index contributed by atoms with van der Waals surface area (Å²) in [5, 5.41) is 11.1. The number of hydrogen-bond donors (Lipinski definition) is 1. The predicted octanol–water partition coefficient (Wildman–Crippen LogP) is 4.25. The topological polar surface area (TPSA) is 50.5 Å². The summed E-state index contributed by atoms with van der Waals surface area (Å²) in [4.78, 5) is 8.55. The zero-order valence-corrected chi connectivity index (χ0v) is 16.9. The summed E-state index contributed by atoms with van der Waals surface area (Å²) < 4.78 is 7.84. The van der Waals surface area contributed by atoms with Crippen molar-refractivity contribution in [1.29, 1.82) is 0 Å². The van der Waals surface area contributed by atoms with Gasteiger partial charge in [-0.2, -0.15) is 0 Å². The molecule has 1 saturated heterocycles. The number of ether oxygens (including phenoxy) is 1. The molecule has 0 bridgehead atoms. The third-order valence-corrected chi connectivity index (χ3v) is 7.10. The molecule has 1 aromatic carbocycles. The summed E-state index contributed by atoms with van der Waals surface area (Å²) >= 11 is 1.89. The lowest BCUT2D eigenvalue weighted by atomic mass is 9.89. The van der Waals surface area contributed by atoms with E-state index in [2.05, 4.69) is 34.6 Å². The van der Waals surface area contributed by atoms with Gasteiger partial charge in [0.1, 0.15) is 5.75 Å². The molecule has 2 aliphatic rings. The van der Waals surface area contributed by atoms with Crippen LogP contribution < -0.4 is 4.90 Å². The lowest BCUT2D eigenvalue weighted by Gasteiger charge is -2.27. The number of aromatic nitrogens is 2. The number of thiophene rings is 1. The highest BCUT2D eigenvalue weighted by atomic mass is 32.1. The van der Waals surface area contributed by atoms with Crippen molar-refractivity contribution in [3.05, 3.63) is 53.5 Å². The summed E-state index contributed by atoms with van der Waals surface area (Å²) in [6.07, 6.45) is 4.00. The molecular weight excluding hydrogens is 370 g/mol. The Labute approximate surface area is 169 Å². The largest absolute Gasteiger partial charge is 0.508 e. The first-order chi connectivity index (χ1) is 13.7. The minimum atomic E-state index is 0.319. The molecule has 1 unspecified atom stereocenters. The Bertz CT molecular complexity index is 970. The van der Waals surface area contributed by atoms with Crippen LogP contribution in [-0.2, 0) is 17.7 Å². The molecule has 28 heavy (non-hydrogen) atoms. The molecule has 146 valence electrons. The molecule has 5 nitrogen and oxygen atoms in total. The number of imidazole rings is 1. The Morgan fingerprint density at radius 2 is 2.00 bits per heavy atom. The second kappa shape index (κ2) is 7.26. The molecule has 1 aliphatic carbocycles. The molecule has 1 atom stereocenters. The standard InChI is InChI=1S/C22H25N3O2S/c1-2-24-14-23-19-8-7-17(15-3-5-16(26)6-4-15)18-13-20(28-22(18)21(19)24)25-9-11-27-12-10-25/h3-6,13-14,17,26H,2,7-12H2,1H3. The van der Waals surface area contributed by atoms with E-state index in [9.17, 15) is 5.11 Å². The first-order valence-corrected chi connectivity index (χ1v) is 10.9. The molecule has 0 saturated carbocycles. The zero-order chi connectivity index (χ0) is 19.1. The van der Waals surface area contributed by atoms with Crippen LogP contribution in [0.15, 0.2) is 36.7 Å². The van der Waals surface area contributed by atoms with E-state index in [1.165, 1.54) is 32.4 Å². The second-order valence-electron chi connectivity index (χ2n) is 7.48. The number of morpholine rings is 1. The van der Waals surface area contributed by atoms with Crippen molar-refractivity contribution in [2.75, 3.05) is 31.2 Å². The fraction of sp³-hybridized carbons (Fsp3) is 0.409. The molecular formula is C22H25N3O2S. The quantitative estimate of drug-likeness (QED) is 0.720. The van der Waals surface area contributed by atoms with E-state index in [0.717, 1.165) is 45.7 Å². The minimum absolute atomic E-state index is 0.319. The van der Waals surface area contributed by atoms with Gasteiger partial charge in [0.2, 0.25) is 0 Å². The van der Waals surface area contributed by atoms with Crippen LogP contribution in [0.2, 0.25) is 0 Å². The minimum Gasteiger partial charge on any atom is -0.508 e. The van der Waals surface area contributed by atoms with Crippen molar-refractivity contribution in [2.24, 2.45) is 0 Å². The molecule has 0 radical (unpaired) electrons. The number of aromatic hydroxyl groups is 1. The summed E-state index contributed by atoms with van der Waals surface area (Å²) in [6, 6.07) is 10.1. The number of fused-ring (bicyclic) bond motifs is 3. The number of benzene rings is 1. The van der Waals surface area contributed by atoms with E-state index >= 15 is 0 Å². The Morgan fingerprint density at radius 3 is 2.75 bits per heavy atom. The summed E-state index contributed by atoms with van der Waals surface area (Å²) in [6.45, 7) is 6.59. The summed E-state index contributed by atoms with van der Waals surface area (Å²) in [5.41, 5.74) is 5.16. The fourth-order valence-corrected chi connectivity index (χ4v) is 5.73. The van der Waals surface area contributed by atoms with Crippen LogP contribution >= 0.6 is 11.3 Å². The summed E-state index contributed by atoms with van der Waals surface area (Å²) in [7, 11) is 0. The van der Waals surface area contributed by atoms with Crippen LogP contribution in [0.3, 0.4) is 0 Å². The first-order valence-electron chi connectivity index (χ1n) is 10.0. The average Bonchev–Trinajstić information content (AvgIpc) is 3.31. The third kappa shape index (κ3) is 3.01. The van der Waals surface area contributed by atoms with E-state index < -0.39 is 0 Å². The Hall–Kier alpha value is -2.31. The van der Waals surface area contributed by atoms with Crippen LogP contribution in [-0.4, -0.2) is 41.0 Å². The van der Waals surface area contributed by atoms with Crippen LogP contribution in [0.5, 0.6) is 5.75 Å². The van der Waals surface area contributed by atoms with Gasteiger partial charge in [-0.15, -0.1) is 11.3 Å². The lowest BCUT2D eigenvalue weighted by Crippen LogP contribution is -2.35. The highest BCUT2D eigenvalue weighted by Crippen LogP contribution is 2.48. The van der Waals surface area contributed by atoms with Crippen LogP contribution in [0, 0.1) is 0 Å². The Morgan fingerprint density at radius 1 is 1.21 bits per heavy atom. The Kier molecular flexibility index (Phi) is 4.61. The second-order valence-corrected chi connectivity index (χ2v) is 8.51. The van der Waals surface area contributed by atoms with Gasteiger partial charge in [-0.25, -0.2) is 4.98 Å². The maximum atomic E-state index is 9.73. The molecule has 5 rings (SSSR count). The maximum absolute atomic E-state index is 9.73. The number of phenols is 1. The Balaban J connectivity index is 1.64. The van der Waals surface area contributed by atoms with E-state index in [1.807, 2.05) is 17.7 Å². The summed E-state index contributed by atoms with van der Waals surface area (Å²) in [5.74, 6) is 0.639. The van der Waals surface area contributed by atoms with Gasteiger partial charge in [0.25, 0.3) is 0 Å². The van der Waals surface area contributed by atoms with Crippen LogP contribution in [0.4, 0.5) is 5.00 Å². The van der Waals surface area contributed by atoms with Gasteiger partial charge in [0.15, 0.2) is 0 Å². The van der Waals surface area contributed by atoms with Crippen molar-refractivity contribution >= 4 is 16.3 Å². The number of rotatable bonds is 3. The van der Waals surface area contributed by atoms with Crippen molar-refractivity contribution in [1.82, 2.24) is 9.55 Å². The SMILES string of the molecule is CCn1cnc2c1-c1sc(N3CCOCC3)cc1C(c1ccc(O)cc1)CC2. The van der Waals surface area contributed by atoms with E-state index in [1.54, 1.807) is 12.1 Å². The molecule has 0 spiro atoms. The first kappa shape index (κ1) is 17.8. The van der Waals surface area contributed by atoms with E-state index in [4.69, 9.17) is 9.72 Å². The number of hydrogen-bond acceptors (Lipinski definition) is 5. The van der Waals surface area contributed by atoms with Crippen molar-refractivity contribution in [3.63, 3.8) is 0 Å². The zero-order valence-electron chi connectivity index (χ0n) is 16.1. The molecule has 1 N–H and O–H groups in total. The van der Waals surface area contributed by atoms with Crippen molar-refractivity contribution < 1.29 is 9.84 Å². The van der Waals surface area contributed by atoms with Crippen molar-refractivity contribution in [3.8, 4) is 16.3 Å². The average molecular weight is 396 g/mol. The van der Waals surface area contributed by atoms with Gasteiger partial charge in [-0.1, -0.05) is 12.1 Å². The number of anilines is 1. The van der Waals surface area contributed by atoms with Gasteiger partial charge in [-0.05, 0) is 49.1 Å². The van der Waals surface area contributed by atoms with Gasteiger partial charge in [0.05, 0.1) is 40.8 Å². The number of aryl methyl sites for hydroxylation is 2. The normalized spacial score (nSPS) is 19.2. The molecule has 3 aromatic rings. The number of nitrogens with zero attached hydrogens (tertiary/aromatic N) is 3. The van der Waals surface area contributed by atoms with E-state index in [0.29, 0.717) is 11.7 Å². The van der Waals surface area contributed by atoms with E-state index in [-0.39, 0.29) is 0 Å². The smallest absolute Gasteiger partial charge is 0.115 e. The molecule has 2 aromatic heterocycles. The monoisotopic (exact) mass is 395 g/mol. The van der Waals surface area contributed by atoms with Gasteiger partial charge in [-0.3, -0.25) is 0 Å². The molecule has 3 heterocycles. The van der Waals surface area contributed by atoms with Crippen LogP contribution in [0.25, 0.3) is 10.6 Å². The van der Waals surface area contributed by atoms with Gasteiger partial charge in [0, 0.05) is 25.6 Å². The highest BCUT2D eigenvalue weighted by Gasteiger charge is 2.30. The number of phenolic OH excluding ortho intramolecular Hbond substituents is 1. The molecule has 6 heteroatoms. The highest BCUT2D eigenvalue weighted by molar-refractivity contribution is 7.19. The molecule has 0 amide bonds. The third-order valence-electron chi connectivity index (χ3n) is 5.88. The molecule has 1 fully saturated rings. The van der Waals surface area contributed by atoms with Crippen LogP contribution in [0.1, 0.15) is 36.1 Å². The predicted molar refractivity (Wildman–Crippen MR) is 113 cm³/mol. The van der Waals surface area contributed by atoms with Gasteiger partial charge >= 0.3 is 0 Å². The molecule has 1 aliphatic heterocycles. The van der Waals surface area contributed by atoms with Gasteiger partial charge < -0.3 is 19.3 Å². The fourth-order valence-electron chi connectivity index (χ4n) is 4.37. The maximum Gasteiger partial charge on any atom is 0.115 e. The van der Waals surface area contributed by atoms with Crippen molar-refractivity contribution in [2.45, 2.75) is 32.2 Å².